The predicted molar refractivity (Wildman–Crippen MR) is 98.1 cm³/mol. The first-order valence-electron chi connectivity index (χ1n) is 9.94. The molecule has 0 aromatic heterocycles. The first kappa shape index (κ1) is 18.3. The Morgan fingerprint density at radius 1 is 1.07 bits per heavy atom. The van der Waals surface area contributed by atoms with Gasteiger partial charge in [-0.15, -0.1) is 0 Å². The second-order valence-corrected chi connectivity index (χ2v) is 7.61. The third-order valence-electron chi connectivity index (χ3n) is 5.72. The summed E-state index contributed by atoms with van der Waals surface area (Å²) in [5.74, 6) is -0.225. The molecule has 1 N–H and O–H groups in total. The Balaban J connectivity index is 1.31. The number of benzene rings is 1. The summed E-state index contributed by atoms with van der Waals surface area (Å²) in [6.07, 6.45) is 6.96. The molecule has 27 heavy (non-hydrogen) atoms. The van der Waals surface area contributed by atoms with E-state index < -0.39 is 6.04 Å². The van der Waals surface area contributed by atoms with Gasteiger partial charge in [-0.1, -0.05) is 49.6 Å². The third kappa shape index (κ3) is 4.09. The summed E-state index contributed by atoms with van der Waals surface area (Å²) >= 11 is 0. The first-order valence-corrected chi connectivity index (χ1v) is 9.94. The van der Waals surface area contributed by atoms with Crippen LogP contribution in [0.1, 0.15) is 50.5 Å². The molecular formula is C20H27N3O4. The summed E-state index contributed by atoms with van der Waals surface area (Å²) in [6.45, 7) is 0.869. The van der Waals surface area contributed by atoms with E-state index in [4.69, 9.17) is 9.68 Å². The molecule has 146 valence electrons. The van der Waals surface area contributed by atoms with Gasteiger partial charge in [0.15, 0.2) is 0 Å². The molecule has 1 aromatic carbocycles. The van der Waals surface area contributed by atoms with Gasteiger partial charge in [-0.2, -0.15) is 5.06 Å². The van der Waals surface area contributed by atoms with Crippen molar-refractivity contribution in [3.05, 3.63) is 35.9 Å². The Morgan fingerprint density at radius 3 is 2.63 bits per heavy atom. The molecule has 4 rings (SSSR count). The Kier molecular flexibility index (Phi) is 5.59. The normalized spacial score (nSPS) is 25.7. The standard InChI is InChI=1S/C20H27N3O4/c24-19(21-27-17-9-5-2-6-10-17)18-12-11-16-13-22(18)20(25)23(16)26-14-15-7-3-1-4-8-15/h1,3-4,7-8,16-18H,2,5-6,9-14H2,(H,21,24)/t16-,18+/m1/s1. The van der Waals surface area contributed by atoms with Crippen molar-refractivity contribution in [3.8, 4) is 0 Å². The Labute approximate surface area is 159 Å². The zero-order chi connectivity index (χ0) is 18.6. The molecule has 3 aliphatic rings. The van der Waals surface area contributed by atoms with Gasteiger partial charge in [-0.3, -0.25) is 14.5 Å². The number of amides is 3. The number of carbonyl (C=O) groups excluding carboxylic acids is 2. The van der Waals surface area contributed by atoms with Crippen LogP contribution in [-0.2, 0) is 21.1 Å². The number of nitrogens with zero attached hydrogens (tertiary/aromatic N) is 2. The van der Waals surface area contributed by atoms with Crippen LogP contribution in [-0.4, -0.2) is 46.6 Å². The maximum atomic E-state index is 12.7. The molecule has 1 aromatic rings. The Bertz CT molecular complexity index is 662. The van der Waals surface area contributed by atoms with E-state index in [-0.39, 0.29) is 24.1 Å². The van der Waals surface area contributed by atoms with Crippen LogP contribution in [0.15, 0.2) is 30.3 Å². The largest absolute Gasteiger partial charge is 0.345 e. The molecule has 2 heterocycles. The number of nitrogens with one attached hydrogen (secondary N) is 1. The Morgan fingerprint density at radius 2 is 1.85 bits per heavy atom. The molecule has 2 bridgehead atoms. The van der Waals surface area contributed by atoms with Crippen molar-refractivity contribution in [2.24, 2.45) is 0 Å². The van der Waals surface area contributed by atoms with Crippen LogP contribution in [0.2, 0.25) is 0 Å². The van der Waals surface area contributed by atoms with E-state index in [1.54, 1.807) is 4.90 Å². The lowest BCUT2D eigenvalue weighted by atomic mass is 9.98. The fourth-order valence-electron chi connectivity index (χ4n) is 4.18. The number of urea groups is 1. The van der Waals surface area contributed by atoms with Crippen LogP contribution in [0.5, 0.6) is 0 Å². The van der Waals surface area contributed by atoms with Gasteiger partial charge in [0, 0.05) is 6.54 Å². The summed E-state index contributed by atoms with van der Waals surface area (Å²) in [4.78, 5) is 38.3. The number of piperidine rings is 1. The molecule has 7 nitrogen and oxygen atoms in total. The van der Waals surface area contributed by atoms with Gasteiger partial charge >= 0.3 is 6.03 Å². The van der Waals surface area contributed by atoms with Crippen molar-refractivity contribution in [1.29, 1.82) is 0 Å². The lowest BCUT2D eigenvalue weighted by Crippen LogP contribution is -2.50. The fraction of sp³-hybridized carbons (Fsp3) is 0.600. The summed E-state index contributed by atoms with van der Waals surface area (Å²) in [5.41, 5.74) is 3.62. The number of hydrogen-bond acceptors (Lipinski definition) is 4. The van der Waals surface area contributed by atoms with Crippen molar-refractivity contribution in [1.82, 2.24) is 15.4 Å². The monoisotopic (exact) mass is 373 g/mol. The lowest BCUT2D eigenvalue weighted by molar-refractivity contribution is -0.145. The molecule has 7 heteroatoms. The van der Waals surface area contributed by atoms with Crippen LogP contribution < -0.4 is 5.48 Å². The first-order chi connectivity index (χ1) is 13.2. The van der Waals surface area contributed by atoms with Crippen molar-refractivity contribution >= 4 is 11.9 Å². The lowest BCUT2D eigenvalue weighted by Gasteiger charge is -2.30. The van der Waals surface area contributed by atoms with Gasteiger partial charge in [0.2, 0.25) is 0 Å². The van der Waals surface area contributed by atoms with Crippen LogP contribution in [0.3, 0.4) is 0 Å². The predicted octanol–water partition coefficient (Wildman–Crippen LogP) is 2.77. The van der Waals surface area contributed by atoms with Crippen LogP contribution in [0, 0.1) is 0 Å². The molecular weight excluding hydrogens is 346 g/mol. The van der Waals surface area contributed by atoms with Crippen LogP contribution >= 0.6 is 0 Å². The highest BCUT2D eigenvalue weighted by Crippen LogP contribution is 2.30. The molecule has 2 aliphatic heterocycles. The minimum Gasteiger partial charge on any atom is -0.309 e. The summed E-state index contributed by atoms with van der Waals surface area (Å²) < 4.78 is 0. The van der Waals surface area contributed by atoms with E-state index in [2.05, 4.69) is 5.48 Å². The highest BCUT2D eigenvalue weighted by molar-refractivity contribution is 5.88. The van der Waals surface area contributed by atoms with Gasteiger partial charge in [-0.05, 0) is 31.2 Å². The topological polar surface area (TPSA) is 71.1 Å². The van der Waals surface area contributed by atoms with Gasteiger partial charge < -0.3 is 4.90 Å². The van der Waals surface area contributed by atoms with E-state index in [1.165, 1.54) is 11.5 Å². The van der Waals surface area contributed by atoms with Crippen molar-refractivity contribution in [2.75, 3.05) is 6.54 Å². The van der Waals surface area contributed by atoms with Crippen LogP contribution in [0.25, 0.3) is 0 Å². The minimum atomic E-state index is -0.484. The number of rotatable bonds is 6. The van der Waals surface area contributed by atoms with Gasteiger partial charge in [-0.25, -0.2) is 10.3 Å². The van der Waals surface area contributed by atoms with E-state index in [0.29, 0.717) is 19.6 Å². The average molecular weight is 373 g/mol. The summed E-state index contributed by atoms with van der Waals surface area (Å²) in [7, 11) is 0. The number of hydrogen-bond donors (Lipinski definition) is 1. The Hall–Kier alpha value is -2.12. The smallest absolute Gasteiger partial charge is 0.309 e. The zero-order valence-electron chi connectivity index (χ0n) is 15.5. The second-order valence-electron chi connectivity index (χ2n) is 7.61. The van der Waals surface area contributed by atoms with Gasteiger partial charge in [0.1, 0.15) is 12.6 Å². The molecule has 1 saturated carbocycles. The van der Waals surface area contributed by atoms with Crippen molar-refractivity contribution in [3.63, 3.8) is 0 Å². The molecule has 3 amide bonds. The quantitative estimate of drug-likeness (QED) is 0.779. The zero-order valence-corrected chi connectivity index (χ0v) is 15.5. The highest BCUT2D eigenvalue weighted by atomic mass is 16.7. The number of hydroxylamine groups is 3. The summed E-state index contributed by atoms with van der Waals surface area (Å²) in [6, 6.07) is 9.05. The molecule has 0 spiro atoms. The van der Waals surface area contributed by atoms with E-state index in [1.807, 2.05) is 30.3 Å². The van der Waals surface area contributed by atoms with Gasteiger partial charge in [0.25, 0.3) is 5.91 Å². The van der Waals surface area contributed by atoms with Gasteiger partial charge in [0.05, 0.1) is 12.1 Å². The number of fused-ring (bicyclic) bond motifs is 2. The van der Waals surface area contributed by atoms with E-state index in [0.717, 1.165) is 37.7 Å². The molecule has 0 unspecified atom stereocenters. The average Bonchev–Trinajstić information content (AvgIpc) is 2.96. The van der Waals surface area contributed by atoms with E-state index >= 15 is 0 Å². The second kappa shape index (κ2) is 8.27. The molecule has 3 fully saturated rings. The fourth-order valence-corrected chi connectivity index (χ4v) is 4.18. The maximum absolute atomic E-state index is 12.7. The van der Waals surface area contributed by atoms with Crippen molar-refractivity contribution in [2.45, 2.75) is 69.7 Å². The van der Waals surface area contributed by atoms with Crippen molar-refractivity contribution < 1.29 is 19.3 Å². The molecule has 2 atom stereocenters. The maximum Gasteiger partial charge on any atom is 0.345 e. The highest BCUT2D eigenvalue weighted by Gasteiger charge is 2.48. The molecule has 2 saturated heterocycles. The van der Waals surface area contributed by atoms with E-state index in [9.17, 15) is 9.59 Å². The third-order valence-corrected chi connectivity index (χ3v) is 5.72. The molecule has 1 aliphatic carbocycles. The summed E-state index contributed by atoms with van der Waals surface area (Å²) in [5, 5.41) is 1.45. The SMILES string of the molecule is O=C(NOC1CCCCC1)[C@@H]1CC[C@@H]2CN1C(=O)N2OCc1ccccc1. The van der Waals surface area contributed by atoms with Crippen LogP contribution in [0.4, 0.5) is 4.79 Å². The molecule has 0 radical (unpaired) electrons. The minimum absolute atomic E-state index is 0.00419. The number of carbonyl (C=O) groups is 2.